The standard InChI is InChI=1S/C13H22N2O2S/c1-2-3-4-5-6-7-11-15-18(16,17)13-9-8-10-14-12-13/h8-10,12,15H,2-7,11H2,1H3. The van der Waals surface area contributed by atoms with Gasteiger partial charge in [-0.3, -0.25) is 4.98 Å². The lowest BCUT2D eigenvalue weighted by Crippen LogP contribution is -2.24. The first kappa shape index (κ1) is 15.1. The monoisotopic (exact) mass is 270 g/mol. The summed E-state index contributed by atoms with van der Waals surface area (Å²) in [6, 6.07) is 3.18. The van der Waals surface area contributed by atoms with Crippen molar-refractivity contribution >= 4 is 10.0 Å². The summed E-state index contributed by atoms with van der Waals surface area (Å²) in [7, 11) is -3.37. The molecule has 5 heteroatoms. The highest BCUT2D eigenvalue weighted by Crippen LogP contribution is 2.07. The zero-order valence-corrected chi connectivity index (χ0v) is 11.7. The molecule has 0 saturated heterocycles. The van der Waals surface area contributed by atoms with E-state index in [4.69, 9.17) is 0 Å². The highest BCUT2D eigenvalue weighted by molar-refractivity contribution is 7.89. The molecule has 0 bridgehead atoms. The normalized spacial score (nSPS) is 11.6. The Balaban J connectivity index is 2.23. The lowest BCUT2D eigenvalue weighted by Gasteiger charge is -2.06. The molecule has 1 aromatic heterocycles. The minimum absolute atomic E-state index is 0.232. The Labute approximate surface area is 110 Å². The lowest BCUT2D eigenvalue weighted by atomic mass is 10.1. The van der Waals surface area contributed by atoms with Gasteiger partial charge in [0.1, 0.15) is 4.90 Å². The number of aromatic nitrogens is 1. The van der Waals surface area contributed by atoms with Gasteiger partial charge in [0.25, 0.3) is 0 Å². The van der Waals surface area contributed by atoms with E-state index in [1.54, 1.807) is 18.3 Å². The molecule has 1 aromatic rings. The predicted molar refractivity (Wildman–Crippen MR) is 72.8 cm³/mol. The van der Waals surface area contributed by atoms with Gasteiger partial charge < -0.3 is 0 Å². The summed E-state index contributed by atoms with van der Waals surface area (Å²) in [4.78, 5) is 4.04. The van der Waals surface area contributed by atoms with Crippen LogP contribution in [0.15, 0.2) is 29.4 Å². The summed E-state index contributed by atoms with van der Waals surface area (Å²) in [6.45, 7) is 2.69. The van der Waals surface area contributed by atoms with Gasteiger partial charge in [-0.25, -0.2) is 13.1 Å². The van der Waals surface area contributed by atoms with E-state index in [9.17, 15) is 8.42 Å². The molecule has 1 rings (SSSR count). The minimum Gasteiger partial charge on any atom is -0.263 e. The fourth-order valence-corrected chi connectivity index (χ4v) is 2.74. The number of unbranched alkanes of at least 4 members (excludes halogenated alkanes) is 5. The van der Waals surface area contributed by atoms with Gasteiger partial charge in [-0.05, 0) is 18.6 Å². The zero-order chi connectivity index (χ0) is 13.3. The van der Waals surface area contributed by atoms with Crippen molar-refractivity contribution in [2.24, 2.45) is 0 Å². The molecule has 0 atom stereocenters. The maximum Gasteiger partial charge on any atom is 0.242 e. The first-order chi connectivity index (χ1) is 8.67. The molecule has 0 aliphatic carbocycles. The Morgan fingerprint density at radius 1 is 1.17 bits per heavy atom. The third kappa shape index (κ3) is 5.60. The van der Waals surface area contributed by atoms with Gasteiger partial charge in [-0.2, -0.15) is 0 Å². The molecule has 102 valence electrons. The third-order valence-electron chi connectivity index (χ3n) is 2.77. The number of hydrogen-bond donors (Lipinski definition) is 1. The number of sulfonamides is 1. The van der Waals surface area contributed by atoms with E-state index in [-0.39, 0.29) is 4.90 Å². The number of nitrogens with zero attached hydrogens (tertiary/aromatic N) is 1. The van der Waals surface area contributed by atoms with Crippen molar-refractivity contribution in [3.05, 3.63) is 24.5 Å². The molecule has 0 amide bonds. The predicted octanol–water partition coefficient (Wildman–Crippen LogP) is 2.72. The molecule has 0 aromatic carbocycles. The average Bonchev–Trinajstić information content (AvgIpc) is 2.39. The second-order valence-corrected chi connectivity index (χ2v) is 6.12. The van der Waals surface area contributed by atoms with Crippen molar-refractivity contribution in [2.75, 3.05) is 6.54 Å². The highest BCUT2D eigenvalue weighted by Gasteiger charge is 2.12. The minimum atomic E-state index is -3.37. The molecule has 0 saturated carbocycles. The molecule has 4 nitrogen and oxygen atoms in total. The molecule has 0 unspecified atom stereocenters. The summed E-state index contributed by atoms with van der Waals surface area (Å²) in [6.07, 6.45) is 9.82. The molecular formula is C13H22N2O2S. The van der Waals surface area contributed by atoms with Crippen molar-refractivity contribution in [1.82, 2.24) is 9.71 Å². The Hall–Kier alpha value is -0.940. The van der Waals surface area contributed by atoms with Crippen molar-refractivity contribution in [3.8, 4) is 0 Å². The Kier molecular flexibility index (Phi) is 6.90. The first-order valence-electron chi connectivity index (χ1n) is 6.56. The van der Waals surface area contributed by atoms with Gasteiger partial charge in [-0.15, -0.1) is 0 Å². The summed E-state index contributed by atoms with van der Waals surface area (Å²) in [5.41, 5.74) is 0. The van der Waals surface area contributed by atoms with E-state index in [2.05, 4.69) is 16.6 Å². The molecule has 0 spiro atoms. The summed E-state index contributed by atoms with van der Waals surface area (Å²) in [5.74, 6) is 0. The van der Waals surface area contributed by atoms with Crippen LogP contribution in [-0.4, -0.2) is 19.9 Å². The molecule has 0 aliphatic heterocycles. The van der Waals surface area contributed by atoms with E-state index in [0.29, 0.717) is 6.54 Å². The van der Waals surface area contributed by atoms with Gasteiger partial charge in [0.05, 0.1) is 0 Å². The lowest BCUT2D eigenvalue weighted by molar-refractivity contribution is 0.567. The largest absolute Gasteiger partial charge is 0.263 e. The summed E-state index contributed by atoms with van der Waals surface area (Å²) >= 11 is 0. The van der Waals surface area contributed by atoms with Gasteiger partial charge in [0.2, 0.25) is 10.0 Å². The molecule has 18 heavy (non-hydrogen) atoms. The van der Waals surface area contributed by atoms with E-state index in [1.165, 1.54) is 31.9 Å². The number of rotatable bonds is 9. The fourth-order valence-electron chi connectivity index (χ4n) is 1.70. The van der Waals surface area contributed by atoms with Crippen LogP contribution in [0.4, 0.5) is 0 Å². The van der Waals surface area contributed by atoms with Crippen LogP contribution in [0.25, 0.3) is 0 Å². The zero-order valence-electron chi connectivity index (χ0n) is 10.9. The van der Waals surface area contributed by atoms with E-state index >= 15 is 0 Å². The van der Waals surface area contributed by atoms with Crippen LogP contribution in [-0.2, 0) is 10.0 Å². The second-order valence-electron chi connectivity index (χ2n) is 4.35. The molecule has 0 aliphatic rings. The maximum absolute atomic E-state index is 11.8. The van der Waals surface area contributed by atoms with Crippen molar-refractivity contribution in [2.45, 2.75) is 50.3 Å². The molecule has 0 fully saturated rings. The first-order valence-corrected chi connectivity index (χ1v) is 8.05. The number of hydrogen-bond acceptors (Lipinski definition) is 3. The van der Waals surface area contributed by atoms with Crippen molar-refractivity contribution < 1.29 is 8.42 Å². The molecular weight excluding hydrogens is 248 g/mol. The van der Waals surface area contributed by atoms with Crippen LogP contribution in [0.2, 0.25) is 0 Å². The SMILES string of the molecule is CCCCCCCCNS(=O)(=O)c1cccnc1. The third-order valence-corrected chi connectivity index (χ3v) is 4.21. The van der Waals surface area contributed by atoms with Crippen molar-refractivity contribution in [1.29, 1.82) is 0 Å². The van der Waals surface area contributed by atoms with Crippen LogP contribution >= 0.6 is 0 Å². The van der Waals surface area contributed by atoms with E-state index in [0.717, 1.165) is 12.8 Å². The number of pyridine rings is 1. The average molecular weight is 270 g/mol. The number of nitrogens with one attached hydrogen (secondary N) is 1. The van der Waals surface area contributed by atoms with E-state index < -0.39 is 10.0 Å². The topological polar surface area (TPSA) is 59.1 Å². The second kappa shape index (κ2) is 8.21. The maximum atomic E-state index is 11.8. The van der Waals surface area contributed by atoms with Crippen LogP contribution in [0.3, 0.4) is 0 Å². The summed E-state index contributed by atoms with van der Waals surface area (Å²) < 4.78 is 26.2. The van der Waals surface area contributed by atoms with Crippen molar-refractivity contribution in [3.63, 3.8) is 0 Å². The van der Waals surface area contributed by atoms with Crippen LogP contribution in [0.5, 0.6) is 0 Å². The highest BCUT2D eigenvalue weighted by atomic mass is 32.2. The Morgan fingerprint density at radius 2 is 1.89 bits per heavy atom. The van der Waals surface area contributed by atoms with Gasteiger partial charge in [0.15, 0.2) is 0 Å². The smallest absolute Gasteiger partial charge is 0.242 e. The van der Waals surface area contributed by atoms with Gasteiger partial charge >= 0.3 is 0 Å². The Bertz CT molecular complexity index is 418. The molecule has 1 N–H and O–H groups in total. The Morgan fingerprint density at radius 3 is 2.56 bits per heavy atom. The molecule has 0 radical (unpaired) electrons. The summed E-state index contributed by atoms with van der Waals surface area (Å²) in [5, 5.41) is 0. The van der Waals surface area contributed by atoms with Crippen LogP contribution in [0, 0.1) is 0 Å². The van der Waals surface area contributed by atoms with Gasteiger partial charge in [-0.1, -0.05) is 39.0 Å². The van der Waals surface area contributed by atoms with Crippen LogP contribution in [0.1, 0.15) is 45.4 Å². The van der Waals surface area contributed by atoms with E-state index in [1.807, 2.05) is 0 Å². The van der Waals surface area contributed by atoms with Crippen LogP contribution < -0.4 is 4.72 Å². The fraction of sp³-hybridized carbons (Fsp3) is 0.615. The molecule has 1 heterocycles. The quantitative estimate of drug-likeness (QED) is 0.702. The van der Waals surface area contributed by atoms with Gasteiger partial charge in [0, 0.05) is 18.9 Å².